The van der Waals surface area contributed by atoms with Crippen LogP contribution in [-0.2, 0) is 6.54 Å². The average molecular weight is 449 g/mol. The second kappa shape index (κ2) is 11.0. The smallest absolute Gasteiger partial charge is 0.191 e. The first-order chi connectivity index (χ1) is 10.7. The van der Waals surface area contributed by atoms with Crippen molar-refractivity contribution in [2.24, 2.45) is 4.99 Å². The highest BCUT2D eigenvalue weighted by molar-refractivity contribution is 14.0. The number of anilines is 1. The molecule has 0 saturated carbocycles. The van der Waals surface area contributed by atoms with E-state index in [0.717, 1.165) is 24.0 Å². The van der Waals surface area contributed by atoms with Gasteiger partial charge >= 0.3 is 0 Å². The zero-order valence-electron chi connectivity index (χ0n) is 14.2. The molecule has 5 nitrogen and oxygen atoms in total. The van der Waals surface area contributed by atoms with Gasteiger partial charge in [-0.3, -0.25) is 0 Å². The molecule has 1 aliphatic rings. The van der Waals surface area contributed by atoms with Crippen LogP contribution >= 0.6 is 35.7 Å². The highest BCUT2D eigenvalue weighted by Crippen LogP contribution is 2.16. The number of hydrogen-bond acceptors (Lipinski definition) is 4. The van der Waals surface area contributed by atoms with Crippen LogP contribution in [0.4, 0.5) is 5.82 Å². The first-order valence-electron chi connectivity index (χ1n) is 7.95. The van der Waals surface area contributed by atoms with E-state index in [1.807, 2.05) is 49.0 Å². The van der Waals surface area contributed by atoms with Crippen LogP contribution in [0.15, 0.2) is 23.2 Å². The third-order valence-electron chi connectivity index (χ3n) is 3.49. The normalized spacial score (nSPS) is 18.0. The summed E-state index contributed by atoms with van der Waals surface area (Å²) in [5.74, 6) is 4.31. The minimum absolute atomic E-state index is 0. The fourth-order valence-corrected chi connectivity index (χ4v) is 3.40. The van der Waals surface area contributed by atoms with Crippen LogP contribution in [0.2, 0.25) is 0 Å². The van der Waals surface area contributed by atoms with Crippen LogP contribution in [-0.4, -0.2) is 49.1 Å². The molecule has 2 rings (SSSR count). The van der Waals surface area contributed by atoms with Gasteiger partial charge in [0.1, 0.15) is 5.82 Å². The lowest BCUT2D eigenvalue weighted by atomic mass is 10.2. The van der Waals surface area contributed by atoms with Crippen molar-refractivity contribution in [1.82, 2.24) is 15.6 Å². The number of thioether (sulfide) groups is 1. The Kier molecular flexibility index (Phi) is 9.69. The molecule has 1 unspecified atom stereocenters. The van der Waals surface area contributed by atoms with E-state index in [1.54, 1.807) is 0 Å². The van der Waals surface area contributed by atoms with Crippen molar-refractivity contribution < 1.29 is 0 Å². The third kappa shape index (κ3) is 7.15. The van der Waals surface area contributed by atoms with E-state index in [0.29, 0.717) is 12.6 Å². The van der Waals surface area contributed by atoms with Gasteiger partial charge < -0.3 is 15.5 Å². The molecule has 0 spiro atoms. The lowest BCUT2D eigenvalue weighted by Gasteiger charge is -2.24. The van der Waals surface area contributed by atoms with Gasteiger partial charge in [0.15, 0.2) is 5.96 Å². The number of rotatable bonds is 5. The molecule has 1 saturated heterocycles. The van der Waals surface area contributed by atoms with Crippen molar-refractivity contribution in [1.29, 1.82) is 0 Å². The molecule has 1 aromatic rings. The molecule has 1 fully saturated rings. The summed E-state index contributed by atoms with van der Waals surface area (Å²) in [6.07, 6.45) is 2.51. The van der Waals surface area contributed by atoms with Gasteiger partial charge in [-0.05, 0) is 37.7 Å². The fourth-order valence-electron chi connectivity index (χ4n) is 2.33. The molecular weight excluding hydrogens is 421 g/mol. The highest BCUT2D eigenvalue weighted by atomic mass is 127. The molecule has 1 aromatic heterocycles. The van der Waals surface area contributed by atoms with E-state index < -0.39 is 0 Å². The van der Waals surface area contributed by atoms with Crippen molar-refractivity contribution in [2.45, 2.75) is 32.4 Å². The third-order valence-corrected chi connectivity index (χ3v) is 4.71. The van der Waals surface area contributed by atoms with Gasteiger partial charge in [0.2, 0.25) is 0 Å². The Morgan fingerprint density at radius 2 is 2.26 bits per heavy atom. The van der Waals surface area contributed by atoms with Crippen molar-refractivity contribution in [3.63, 3.8) is 0 Å². The van der Waals surface area contributed by atoms with Gasteiger partial charge in [-0.15, -0.1) is 24.0 Å². The van der Waals surface area contributed by atoms with Crippen molar-refractivity contribution in [2.75, 3.05) is 37.0 Å². The van der Waals surface area contributed by atoms with Crippen molar-refractivity contribution >= 4 is 47.5 Å². The lowest BCUT2D eigenvalue weighted by Crippen LogP contribution is -2.45. The maximum Gasteiger partial charge on any atom is 0.191 e. The predicted octanol–water partition coefficient (Wildman–Crippen LogP) is 2.72. The fraction of sp³-hybridized carbons (Fsp3) is 0.625. The summed E-state index contributed by atoms with van der Waals surface area (Å²) in [6, 6.07) is 6.59. The number of guanidine groups is 1. The largest absolute Gasteiger partial charge is 0.363 e. The maximum atomic E-state index is 4.68. The minimum Gasteiger partial charge on any atom is -0.363 e. The summed E-state index contributed by atoms with van der Waals surface area (Å²) in [4.78, 5) is 11.3. The first-order valence-corrected chi connectivity index (χ1v) is 9.10. The van der Waals surface area contributed by atoms with Crippen LogP contribution in [0.3, 0.4) is 0 Å². The number of aromatic nitrogens is 1. The number of nitrogens with one attached hydrogen (secondary N) is 2. The second-order valence-corrected chi connectivity index (χ2v) is 6.78. The van der Waals surface area contributed by atoms with Crippen molar-refractivity contribution in [3.8, 4) is 0 Å². The molecule has 1 atom stereocenters. The molecular formula is C16H28IN5S. The standard InChI is InChI=1S/C16H27N5S.HI/c1-4-17-16(20-14-8-6-10-22-12-14)18-11-13-7-5-9-15(19-13)21(2)3;/h5,7,9,14H,4,6,8,10-12H2,1-3H3,(H2,17,18,20);1H. The van der Waals surface area contributed by atoms with Gasteiger partial charge in [0.05, 0.1) is 12.2 Å². The van der Waals surface area contributed by atoms with Crippen LogP contribution in [0, 0.1) is 0 Å². The molecule has 0 amide bonds. The second-order valence-electron chi connectivity index (χ2n) is 5.64. The number of nitrogens with zero attached hydrogens (tertiary/aromatic N) is 3. The Balaban J connectivity index is 0.00000264. The number of aliphatic imine (C=N–C) groups is 1. The monoisotopic (exact) mass is 449 g/mol. The van der Waals surface area contributed by atoms with E-state index in [9.17, 15) is 0 Å². The summed E-state index contributed by atoms with van der Waals surface area (Å²) in [6.45, 7) is 3.56. The molecule has 1 aliphatic heterocycles. The van der Waals surface area contributed by atoms with Crippen LogP contribution in [0.25, 0.3) is 0 Å². The number of hydrogen-bond donors (Lipinski definition) is 2. The molecule has 2 N–H and O–H groups in total. The Hall–Kier alpha value is -0.700. The van der Waals surface area contributed by atoms with E-state index in [2.05, 4.69) is 27.5 Å². The number of halogens is 1. The highest BCUT2D eigenvalue weighted by Gasteiger charge is 2.14. The summed E-state index contributed by atoms with van der Waals surface area (Å²) in [7, 11) is 4.00. The van der Waals surface area contributed by atoms with Gasteiger partial charge in [-0.2, -0.15) is 11.8 Å². The Labute approximate surface area is 161 Å². The molecule has 0 aromatic carbocycles. The zero-order valence-corrected chi connectivity index (χ0v) is 17.4. The molecule has 0 bridgehead atoms. The first kappa shape index (κ1) is 20.3. The van der Waals surface area contributed by atoms with Gasteiger partial charge in [0, 0.05) is 32.4 Å². The summed E-state index contributed by atoms with van der Waals surface area (Å²) in [5.41, 5.74) is 0.987. The molecule has 130 valence electrons. The Morgan fingerprint density at radius 3 is 2.91 bits per heavy atom. The van der Waals surface area contributed by atoms with Gasteiger partial charge in [0.25, 0.3) is 0 Å². The van der Waals surface area contributed by atoms with Gasteiger partial charge in [-0.25, -0.2) is 9.98 Å². The maximum absolute atomic E-state index is 4.68. The Bertz CT molecular complexity index is 489. The predicted molar refractivity (Wildman–Crippen MR) is 112 cm³/mol. The minimum atomic E-state index is 0. The molecule has 0 aliphatic carbocycles. The van der Waals surface area contributed by atoms with E-state index >= 15 is 0 Å². The zero-order chi connectivity index (χ0) is 15.8. The number of pyridine rings is 1. The summed E-state index contributed by atoms with van der Waals surface area (Å²) < 4.78 is 0. The van der Waals surface area contributed by atoms with E-state index in [4.69, 9.17) is 0 Å². The van der Waals surface area contributed by atoms with Crippen LogP contribution in [0.5, 0.6) is 0 Å². The molecule has 2 heterocycles. The molecule has 23 heavy (non-hydrogen) atoms. The lowest BCUT2D eigenvalue weighted by molar-refractivity contribution is 0.582. The summed E-state index contributed by atoms with van der Waals surface area (Å²) >= 11 is 2.02. The SMILES string of the molecule is CCNC(=NCc1cccc(N(C)C)n1)NC1CCCSC1.I. The van der Waals surface area contributed by atoms with Crippen LogP contribution < -0.4 is 15.5 Å². The van der Waals surface area contributed by atoms with Crippen molar-refractivity contribution in [3.05, 3.63) is 23.9 Å². The van der Waals surface area contributed by atoms with E-state index in [1.165, 1.54) is 24.3 Å². The summed E-state index contributed by atoms with van der Waals surface area (Å²) in [5, 5.41) is 6.87. The Morgan fingerprint density at radius 1 is 1.43 bits per heavy atom. The average Bonchev–Trinajstić information content (AvgIpc) is 2.54. The van der Waals surface area contributed by atoms with E-state index in [-0.39, 0.29) is 24.0 Å². The molecule has 0 radical (unpaired) electrons. The quantitative estimate of drug-likeness (QED) is 0.412. The molecule has 7 heteroatoms. The van der Waals surface area contributed by atoms with Crippen LogP contribution in [0.1, 0.15) is 25.5 Å². The van der Waals surface area contributed by atoms with Gasteiger partial charge in [-0.1, -0.05) is 6.07 Å². The topological polar surface area (TPSA) is 52.6 Å².